The van der Waals surface area contributed by atoms with Gasteiger partial charge in [0.1, 0.15) is 0 Å². The minimum Gasteiger partial charge on any atom is -0.481 e. The standard InChI is InChI=1S/C13H21NO2S/c1-9(2)6-10(3)14-8-12-5-4-11(17-12)7-13(15)16/h4-5,9-10,14H,6-8H2,1-3H3,(H,15,16). The minimum atomic E-state index is -0.764. The molecule has 1 rings (SSSR count). The van der Waals surface area contributed by atoms with E-state index in [4.69, 9.17) is 5.11 Å². The van der Waals surface area contributed by atoms with Crippen molar-refractivity contribution in [1.82, 2.24) is 5.32 Å². The molecule has 0 aliphatic carbocycles. The molecule has 4 heteroatoms. The third kappa shape index (κ3) is 5.84. The number of aliphatic carboxylic acids is 1. The Morgan fingerprint density at radius 2 is 2.00 bits per heavy atom. The maximum Gasteiger partial charge on any atom is 0.308 e. The van der Waals surface area contributed by atoms with Crippen molar-refractivity contribution in [2.45, 2.75) is 46.2 Å². The molecule has 0 amide bonds. The van der Waals surface area contributed by atoms with Crippen LogP contribution < -0.4 is 5.32 Å². The van der Waals surface area contributed by atoms with Gasteiger partial charge < -0.3 is 10.4 Å². The maximum absolute atomic E-state index is 10.6. The zero-order valence-corrected chi connectivity index (χ0v) is 11.5. The number of carboxylic acid groups (broad SMARTS) is 1. The van der Waals surface area contributed by atoms with Crippen LogP contribution in [0, 0.1) is 5.92 Å². The van der Waals surface area contributed by atoms with Crippen LogP contribution in [0.5, 0.6) is 0 Å². The fraction of sp³-hybridized carbons (Fsp3) is 0.615. The molecule has 0 bridgehead atoms. The van der Waals surface area contributed by atoms with Gasteiger partial charge in [-0.25, -0.2) is 0 Å². The minimum absolute atomic E-state index is 0.131. The zero-order valence-electron chi connectivity index (χ0n) is 10.7. The summed E-state index contributed by atoms with van der Waals surface area (Å²) in [7, 11) is 0. The largest absolute Gasteiger partial charge is 0.481 e. The number of nitrogens with one attached hydrogen (secondary N) is 1. The van der Waals surface area contributed by atoms with E-state index in [1.54, 1.807) is 11.3 Å². The lowest BCUT2D eigenvalue weighted by Crippen LogP contribution is -2.26. The molecule has 0 aliphatic heterocycles. The van der Waals surface area contributed by atoms with E-state index in [1.165, 1.54) is 4.88 Å². The van der Waals surface area contributed by atoms with Crippen LogP contribution >= 0.6 is 11.3 Å². The van der Waals surface area contributed by atoms with E-state index in [2.05, 4.69) is 26.1 Å². The molecular formula is C13H21NO2S. The van der Waals surface area contributed by atoms with Crippen molar-refractivity contribution >= 4 is 17.3 Å². The first-order chi connectivity index (χ1) is 7.97. The zero-order chi connectivity index (χ0) is 12.8. The van der Waals surface area contributed by atoms with Crippen LogP contribution in [-0.4, -0.2) is 17.1 Å². The Morgan fingerprint density at radius 3 is 2.59 bits per heavy atom. The van der Waals surface area contributed by atoms with E-state index in [0.717, 1.165) is 17.8 Å². The van der Waals surface area contributed by atoms with Crippen molar-refractivity contribution in [1.29, 1.82) is 0 Å². The number of thiophene rings is 1. The van der Waals surface area contributed by atoms with Gasteiger partial charge in [-0.3, -0.25) is 4.79 Å². The van der Waals surface area contributed by atoms with Gasteiger partial charge in [0.15, 0.2) is 0 Å². The van der Waals surface area contributed by atoms with Gasteiger partial charge in [-0.2, -0.15) is 0 Å². The highest BCUT2D eigenvalue weighted by molar-refractivity contribution is 7.12. The van der Waals surface area contributed by atoms with E-state index < -0.39 is 5.97 Å². The predicted octanol–water partition coefficient (Wildman–Crippen LogP) is 2.90. The molecule has 1 heterocycles. The van der Waals surface area contributed by atoms with Crippen LogP contribution in [0.4, 0.5) is 0 Å². The quantitative estimate of drug-likeness (QED) is 0.787. The first kappa shape index (κ1) is 14.2. The molecule has 2 N–H and O–H groups in total. The molecule has 1 atom stereocenters. The average molecular weight is 255 g/mol. The van der Waals surface area contributed by atoms with Crippen LogP contribution in [0.15, 0.2) is 12.1 Å². The van der Waals surface area contributed by atoms with Gasteiger partial charge in [0.25, 0.3) is 0 Å². The molecular weight excluding hydrogens is 234 g/mol. The second-order valence-electron chi connectivity index (χ2n) is 4.85. The number of hydrogen-bond donors (Lipinski definition) is 2. The van der Waals surface area contributed by atoms with Crippen LogP contribution in [0.2, 0.25) is 0 Å². The fourth-order valence-electron chi connectivity index (χ4n) is 1.83. The number of rotatable bonds is 7. The maximum atomic E-state index is 10.6. The summed E-state index contributed by atoms with van der Waals surface area (Å²) < 4.78 is 0. The molecule has 96 valence electrons. The molecule has 0 fully saturated rings. The summed E-state index contributed by atoms with van der Waals surface area (Å²) in [6, 6.07) is 4.42. The number of carbonyl (C=O) groups is 1. The van der Waals surface area contributed by atoms with E-state index in [1.807, 2.05) is 12.1 Å². The molecule has 1 unspecified atom stereocenters. The van der Waals surface area contributed by atoms with Crippen LogP contribution in [-0.2, 0) is 17.8 Å². The summed E-state index contributed by atoms with van der Waals surface area (Å²) in [6.45, 7) is 7.45. The van der Waals surface area contributed by atoms with Crippen molar-refractivity contribution in [3.63, 3.8) is 0 Å². The van der Waals surface area contributed by atoms with E-state index >= 15 is 0 Å². The Bertz CT molecular complexity index is 360. The Morgan fingerprint density at radius 1 is 1.35 bits per heavy atom. The van der Waals surface area contributed by atoms with E-state index in [0.29, 0.717) is 12.0 Å². The van der Waals surface area contributed by atoms with Crippen molar-refractivity contribution in [2.75, 3.05) is 0 Å². The highest BCUT2D eigenvalue weighted by atomic mass is 32.1. The molecule has 0 saturated carbocycles. The van der Waals surface area contributed by atoms with Crippen molar-refractivity contribution in [3.8, 4) is 0 Å². The molecule has 1 aromatic rings. The highest BCUT2D eigenvalue weighted by Crippen LogP contribution is 2.17. The molecule has 0 spiro atoms. The predicted molar refractivity (Wildman–Crippen MR) is 71.4 cm³/mol. The fourth-order valence-corrected chi connectivity index (χ4v) is 2.79. The first-order valence-electron chi connectivity index (χ1n) is 6.00. The van der Waals surface area contributed by atoms with Gasteiger partial charge in [0.05, 0.1) is 6.42 Å². The summed E-state index contributed by atoms with van der Waals surface area (Å²) >= 11 is 1.58. The SMILES string of the molecule is CC(C)CC(C)NCc1ccc(CC(=O)O)s1. The summed E-state index contributed by atoms with van der Waals surface area (Å²) in [6.07, 6.45) is 1.29. The molecule has 0 radical (unpaired) electrons. The van der Waals surface area contributed by atoms with Gasteiger partial charge in [0, 0.05) is 22.3 Å². The van der Waals surface area contributed by atoms with Crippen LogP contribution in [0.3, 0.4) is 0 Å². The normalized spacial score (nSPS) is 12.9. The Balaban J connectivity index is 2.36. The smallest absolute Gasteiger partial charge is 0.308 e. The lowest BCUT2D eigenvalue weighted by Gasteiger charge is -2.15. The van der Waals surface area contributed by atoms with Gasteiger partial charge >= 0.3 is 5.97 Å². The molecule has 3 nitrogen and oxygen atoms in total. The van der Waals surface area contributed by atoms with Gasteiger partial charge in [-0.15, -0.1) is 11.3 Å². The Kier molecular flexibility index (Phi) is 5.65. The van der Waals surface area contributed by atoms with Gasteiger partial charge in [-0.05, 0) is 31.4 Å². The topological polar surface area (TPSA) is 49.3 Å². The lowest BCUT2D eigenvalue weighted by atomic mass is 10.1. The average Bonchev–Trinajstić information content (AvgIpc) is 2.60. The molecule has 1 aromatic heterocycles. The first-order valence-corrected chi connectivity index (χ1v) is 6.81. The Hall–Kier alpha value is -0.870. The monoisotopic (exact) mass is 255 g/mol. The summed E-state index contributed by atoms with van der Waals surface area (Å²) in [5.74, 6) is -0.0667. The summed E-state index contributed by atoms with van der Waals surface area (Å²) in [5, 5.41) is 12.1. The summed E-state index contributed by atoms with van der Waals surface area (Å²) in [5.41, 5.74) is 0. The van der Waals surface area contributed by atoms with Crippen molar-refractivity contribution in [3.05, 3.63) is 21.9 Å². The van der Waals surface area contributed by atoms with Crippen molar-refractivity contribution < 1.29 is 9.90 Å². The Labute approximate surface area is 107 Å². The van der Waals surface area contributed by atoms with Gasteiger partial charge in [-0.1, -0.05) is 13.8 Å². The van der Waals surface area contributed by atoms with Gasteiger partial charge in [0.2, 0.25) is 0 Å². The second kappa shape index (κ2) is 6.77. The third-order valence-electron chi connectivity index (χ3n) is 2.49. The van der Waals surface area contributed by atoms with E-state index in [9.17, 15) is 4.79 Å². The summed E-state index contributed by atoms with van der Waals surface area (Å²) in [4.78, 5) is 12.7. The van der Waals surface area contributed by atoms with E-state index in [-0.39, 0.29) is 6.42 Å². The number of carboxylic acids is 1. The molecule has 0 aliphatic rings. The highest BCUT2D eigenvalue weighted by Gasteiger charge is 2.07. The second-order valence-corrected chi connectivity index (χ2v) is 6.10. The van der Waals surface area contributed by atoms with Crippen LogP contribution in [0.1, 0.15) is 36.9 Å². The van der Waals surface area contributed by atoms with Crippen LogP contribution in [0.25, 0.3) is 0 Å². The molecule has 0 saturated heterocycles. The molecule has 0 aromatic carbocycles. The van der Waals surface area contributed by atoms with Crippen molar-refractivity contribution in [2.24, 2.45) is 5.92 Å². The molecule has 17 heavy (non-hydrogen) atoms. The third-order valence-corrected chi connectivity index (χ3v) is 3.58. The number of hydrogen-bond acceptors (Lipinski definition) is 3. The lowest BCUT2D eigenvalue weighted by molar-refractivity contribution is -0.136.